The van der Waals surface area contributed by atoms with Crippen molar-refractivity contribution in [2.45, 2.75) is 32.2 Å². The van der Waals surface area contributed by atoms with Gasteiger partial charge < -0.3 is 9.88 Å². The molecule has 3 nitrogen and oxygen atoms in total. The zero-order valence-corrected chi connectivity index (χ0v) is 11.5. The molecule has 4 heteroatoms. The molecule has 1 fully saturated rings. The molecule has 3 rings (SSSR count). The minimum absolute atomic E-state index is 0.380. The molecule has 1 saturated heterocycles. The lowest BCUT2D eigenvalue weighted by Crippen LogP contribution is -2.14. The smallest absolute Gasteiger partial charge is 0.114 e. The van der Waals surface area contributed by atoms with Crippen molar-refractivity contribution in [3.05, 3.63) is 29.0 Å². The molecule has 0 spiro atoms. The summed E-state index contributed by atoms with van der Waals surface area (Å²) in [6.45, 7) is 6.49. The third kappa shape index (κ3) is 1.82. The van der Waals surface area contributed by atoms with Crippen LogP contribution in [0, 0.1) is 0 Å². The van der Waals surface area contributed by atoms with Gasteiger partial charge in [-0.05, 0) is 38.9 Å². The minimum Gasteiger partial charge on any atom is -0.324 e. The Bertz CT molecular complexity index is 568. The summed E-state index contributed by atoms with van der Waals surface area (Å²) >= 11 is 6.35. The van der Waals surface area contributed by atoms with Crippen LogP contribution in [0.5, 0.6) is 0 Å². The van der Waals surface area contributed by atoms with Crippen molar-refractivity contribution in [1.82, 2.24) is 14.9 Å². The highest BCUT2D eigenvalue weighted by atomic mass is 35.5. The molecule has 1 aliphatic heterocycles. The number of aromatic nitrogens is 2. The Morgan fingerprint density at radius 1 is 1.44 bits per heavy atom. The van der Waals surface area contributed by atoms with Gasteiger partial charge in [-0.3, -0.25) is 0 Å². The number of para-hydroxylation sites is 1. The fourth-order valence-corrected chi connectivity index (χ4v) is 3.07. The molecule has 2 heterocycles. The largest absolute Gasteiger partial charge is 0.324 e. The summed E-state index contributed by atoms with van der Waals surface area (Å²) in [7, 11) is 0. The fourth-order valence-electron chi connectivity index (χ4n) is 2.81. The fraction of sp³-hybridized carbons (Fsp3) is 0.500. The van der Waals surface area contributed by atoms with E-state index in [0.29, 0.717) is 12.0 Å². The number of nitrogens with zero attached hydrogens (tertiary/aromatic N) is 2. The molecular weight excluding hydrogens is 246 g/mol. The average Bonchev–Trinajstić information content (AvgIpc) is 2.95. The summed E-state index contributed by atoms with van der Waals surface area (Å²) in [6, 6.07) is 6.34. The minimum atomic E-state index is 0.380. The van der Waals surface area contributed by atoms with Crippen LogP contribution in [0.1, 0.15) is 38.1 Å². The number of halogens is 1. The Labute approximate surface area is 112 Å². The lowest BCUT2D eigenvalue weighted by Gasteiger charge is -2.16. The molecule has 1 aliphatic rings. The maximum atomic E-state index is 6.35. The van der Waals surface area contributed by atoms with Crippen LogP contribution in [0.15, 0.2) is 18.2 Å². The predicted molar refractivity (Wildman–Crippen MR) is 75.4 cm³/mol. The second-order valence-corrected chi connectivity index (χ2v) is 5.64. The third-order valence-corrected chi connectivity index (χ3v) is 3.94. The number of benzene rings is 1. The molecule has 0 saturated carbocycles. The number of nitrogens with one attached hydrogen (secondary N) is 1. The van der Waals surface area contributed by atoms with E-state index in [1.165, 1.54) is 5.82 Å². The zero-order valence-electron chi connectivity index (χ0n) is 10.8. The van der Waals surface area contributed by atoms with Crippen molar-refractivity contribution in [2.75, 3.05) is 13.1 Å². The van der Waals surface area contributed by atoms with E-state index in [1.807, 2.05) is 18.2 Å². The van der Waals surface area contributed by atoms with Crippen LogP contribution in [0.4, 0.5) is 0 Å². The van der Waals surface area contributed by atoms with Crippen LogP contribution in [-0.4, -0.2) is 22.6 Å². The van der Waals surface area contributed by atoms with Crippen molar-refractivity contribution in [2.24, 2.45) is 0 Å². The first-order valence-corrected chi connectivity index (χ1v) is 6.93. The van der Waals surface area contributed by atoms with Crippen LogP contribution < -0.4 is 5.32 Å². The standard InChI is InChI=1S/C14H18ClN3/c1-9(2)18-13-11(15)4-3-5-12(13)17-14(18)10-6-7-16-8-10/h3-5,9-10,16H,6-8H2,1-2H3. The summed E-state index contributed by atoms with van der Waals surface area (Å²) in [6.07, 6.45) is 1.16. The van der Waals surface area contributed by atoms with Gasteiger partial charge in [-0.25, -0.2) is 4.98 Å². The highest BCUT2D eigenvalue weighted by Crippen LogP contribution is 2.32. The SMILES string of the molecule is CC(C)n1c(C2CCNC2)nc2cccc(Cl)c21. The average molecular weight is 264 g/mol. The van der Waals surface area contributed by atoms with Crippen molar-refractivity contribution >= 4 is 22.6 Å². The summed E-state index contributed by atoms with van der Waals surface area (Å²) < 4.78 is 2.30. The molecule has 1 N–H and O–H groups in total. The van der Waals surface area contributed by atoms with Crippen LogP contribution in [0.2, 0.25) is 5.02 Å². The van der Waals surface area contributed by atoms with Crippen molar-refractivity contribution in [3.8, 4) is 0 Å². The van der Waals surface area contributed by atoms with Crippen molar-refractivity contribution < 1.29 is 0 Å². The van der Waals surface area contributed by atoms with E-state index in [0.717, 1.165) is 35.6 Å². The molecule has 1 aromatic carbocycles. The van der Waals surface area contributed by atoms with Crippen LogP contribution in [0.3, 0.4) is 0 Å². The Kier molecular flexibility index (Phi) is 3.04. The molecule has 1 unspecified atom stereocenters. The lowest BCUT2D eigenvalue weighted by molar-refractivity contribution is 0.550. The molecule has 0 radical (unpaired) electrons. The monoisotopic (exact) mass is 263 g/mol. The summed E-state index contributed by atoms with van der Waals surface area (Å²) in [5, 5.41) is 4.21. The van der Waals surface area contributed by atoms with Crippen molar-refractivity contribution in [3.63, 3.8) is 0 Å². The molecule has 96 valence electrons. The van der Waals surface area contributed by atoms with Gasteiger partial charge in [-0.15, -0.1) is 0 Å². The summed E-state index contributed by atoms with van der Waals surface area (Å²) in [4.78, 5) is 4.82. The van der Waals surface area contributed by atoms with E-state index in [4.69, 9.17) is 16.6 Å². The van der Waals surface area contributed by atoms with Gasteiger partial charge >= 0.3 is 0 Å². The first kappa shape index (κ1) is 12.0. The Hall–Kier alpha value is -1.06. The van der Waals surface area contributed by atoms with E-state index in [2.05, 4.69) is 23.7 Å². The predicted octanol–water partition coefficient (Wildman–Crippen LogP) is 3.35. The summed E-state index contributed by atoms with van der Waals surface area (Å²) in [5.74, 6) is 1.69. The molecule has 1 aromatic heterocycles. The quantitative estimate of drug-likeness (QED) is 0.901. The highest BCUT2D eigenvalue weighted by Gasteiger charge is 2.25. The van der Waals surface area contributed by atoms with Gasteiger partial charge in [-0.1, -0.05) is 17.7 Å². The first-order valence-electron chi connectivity index (χ1n) is 6.55. The number of hydrogen-bond acceptors (Lipinski definition) is 2. The number of hydrogen-bond donors (Lipinski definition) is 1. The first-order chi connectivity index (χ1) is 8.68. The number of fused-ring (bicyclic) bond motifs is 1. The Morgan fingerprint density at radius 3 is 2.94 bits per heavy atom. The second kappa shape index (κ2) is 4.56. The van der Waals surface area contributed by atoms with Gasteiger partial charge in [-0.2, -0.15) is 0 Å². The molecular formula is C14H18ClN3. The van der Waals surface area contributed by atoms with E-state index in [-0.39, 0.29) is 0 Å². The zero-order chi connectivity index (χ0) is 12.7. The molecule has 2 aromatic rings. The number of imidazole rings is 1. The van der Waals surface area contributed by atoms with Gasteiger partial charge in [0.25, 0.3) is 0 Å². The van der Waals surface area contributed by atoms with Gasteiger partial charge in [0.2, 0.25) is 0 Å². The normalized spacial score (nSPS) is 20.1. The van der Waals surface area contributed by atoms with E-state index < -0.39 is 0 Å². The molecule has 1 atom stereocenters. The molecule has 0 bridgehead atoms. The highest BCUT2D eigenvalue weighted by molar-refractivity contribution is 6.35. The molecule has 0 aliphatic carbocycles. The van der Waals surface area contributed by atoms with E-state index >= 15 is 0 Å². The Morgan fingerprint density at radius 2 is 2.28 bits per heavy atom. The van der Waals surface area contributed by atoms with Crippen LogP contribution >= 0.6 is 11.6 Å². The molecule has 0 amide bonds. The Balaban J connectivity index is 2.24. The maximum Gasteiger partial charge on any atom is 0.114 e. The number of rotatable bonds is 2. The maximum absolute atomic E-state index is 6.35. The van der Waals surface area contributed by atoms with Gasteiger partial charge in [0.05, 0.1) is 16.1 Å². The van der Waals surface area contributed by atoms with Crippen LogP contribution in [-0.2, 0) is 0 Å². The van der Waals surface area contributed by atoms with Crippen molar-refractivity contribution in [1.29, 1.82) is 0 Å². The second-order valence-electron chi connectivity index (χ2n) is 5.23. The van der Waals surface area contributed by atoms with Gasteiger partial charge in [0.15, 0.2) is 0 Å². The van der Waals surface area contributed by atoms with Crippen LogP contribution in [0.25, 0.3) is 11.0 Å². The topological polar surface area (TPSA) is 29.9 Å². The van der Waals surface area contributed by atoms with E-state index in [1.54, 1.807) is 0 Å². The third-order valence-electron chi connectivity index (χ3n) is 3.63. The van der Waals surface area contributed by atoms with Gasteiger partial charge in [0, 0.05) is 18.5 Å². The van der Waals surface area contributed by atoms with E-state index in [9.17, 15) is 0 Å². The molecule has 18 heavy (non-hydrogen) atoms. The summed E-state index contributed by atoms with van der Waals surface area (Å²) in [5.41, 5.74) is 2.09. The van der Waals surface area contributed by atoms with Gasteiger partial charge in [0.1, 0.15) is 5.82 Å². The lowest BCUT2D eigenvalue weighted by atomic mass is 10.1.